The number of halogens is 3. The monoisotopic (exact) mass is 428 g/mol. The van der Waals surface area contributed by atoms with E-state index in [1.807, 2.05) is 23.9 Å². The molecule has 1 saturated heterocycles. The van der Waals surface area contributed by atoms with Crippen molar-refractivity contribution in [2.24, 2.45) is 10.9 Å². The third-order valence-corrected chi connectivity index (χ3v) is 6.02. The molecular weight excluding hydrogens is 407 g/mol. The average Bonchev–Trinajstić information content (AvgIpc) is 2.93. The Morgan fingerprint density at radius 1 is 1.12 bits per heavy atom. The second-order valence-corrected chi connectivity index (χ2v) is 8.75. The van der Waals surface area contributed by atoms with Crippen molar-refractivity contribution in [2.45, 2.75) is 25.5 Å². The highest BCUT2D eigenvalue weighted by molar-refractivity contribution is 8.14. The summed E-state index contributed by atoms with van der Waals surface area (Å²) in [6.07, 6.45) is 1.04. The SMILES string of the molecule is CC(C)CN1CC(Cc2ccccc2)S/C1=N\c1cccc(Cl)c1Cl.Cl. The summed E-state index contributed by atoms with van der Waals surface area (Å²) in [4.78, 5) is 7.21. The van der Waals surface area contributed by atoms with Gasteiger partial charge in [0.1, 0.15) is 0 Å². The zero-order valence-corrected chi connectivity index (χ0v) is 18.0. The molecule has 0 radical (unpaired) electrons. The Labute approximate surface area is 176 Å². The van der Waals surface area contributed by atoms with Gasteiger partial charge in [0.15, 0.2) is 5.17 Å². The van der Waals surface area contributed by atoms with Gasteiger partial charge in [0, 0.05) is 18.3 Å². The van der Waals surface area contributed by atoms with Gasteiger partial charge < -0.3 is 4.90 Å². The normalized spacial score (nSPS) is 18.4. The summed E-state index contributed by atoms with van der Waals surface area (Å²) in [5.74, 6) is 0.580. The van der Waals surface area contributed by atoms with Crippen LogP contribution >= 0.6 is 47.4 Å². The lowest BCUT2D eigenvalue weighted by atomic mass is 10.1. The molecule has 1 unspecified atom stereocenters. The van der Waals surface area contributed by atoms with Gasteiger partial charge in [-0.3, -0.25) is 0 Å². The standard InChI is InChI=1S/C20H22Cl2N2S.ClH/c1-14(2)12-24-13-16(11-15-7-4-3-5-8-15)25-20(24)23-18-10-6-9-17(21)19(18)22;/h3-10,14,16H,11-13H2,1-2H3;1H/b23-20-;. The fraction of sp³-hybridized carbons (Fsp3) is 0.350. The van der Waals surface area contributed by atoms with Gasteiger partial charge >= 0.3 is 0 Å². The second-order valence-electron chi connectivity index (χ2n) is 6.70. The first-order valence-electron chi connectivity index (χ1n) is 8.51. The Hall–Kier alpha value is -0.870. The fourth-order valence-corrected chi connectivity index (χ4v) is 4.56. The molecule has 140 valence electrons. The largest absolute Gasteiger partial charge is 0.350 e. The van der Waals surface area contributed by atoms with E-state index >= 15 is 0 Å². The van der Waals surface area contributed by atoms with E-state index in [9.17, 15) is 0 Å². The van der Waals surface area contributed by atoms with Crippen LogP contribution in [0.5, 0.6) is 0 Å². The first-order chi connectivity index (χ1) is 12.0. The van der Waals surface area contributed by atoms with Crippen molar-refractivity contribution in [3.05, 3.63) is 64.1 Å². The Morgan fingerprint density at radius 2 is 1.85 bits per heavy atom. The summed E-state index contributed by atoms with van der Waals surface area (Å²) in [5.41, 5.74) is 2.11. The van der Waals surface area contributed by atoms with Crippen molar-refractivity contribution in [1.29, 1.82) is 0 Å². The van der Waals surface area contributed by atoms with E-state index in [4.69, 9.17) is 28.2 Å². The van der Waals surface area contributed by atoms with Crippen molar-refractivity contribution in [3.8, 4) is 0 Å². The lowest BCUT2D eigenvalue weighted by molar-refractivity contribution is 0.379. The van der Waals surface area contributed by atoms with Gasteiger partial charge in [-0.1, -0.05) is 85.2 Å². The molecule has 2 aromatic carbocycles. The minimum Gasteiger partial charge on any atom is -0.350 e. The van der Waals surface area contributed by atoms with Crippen molar-refractivity contribution < 1.29 is 0 Å². The number of rotatable bonds is 5. The van der Waals surface area contributed by atoms with E-state index in [2.05, 4.69) is 49.1 Å². The van der Waals surface area contributed by atoms with E-state index in [1.165, 1.54) is 5.56 Å². The van der Waals surface area contributed by atoms with Crippen molar-refractivity contribution in [1.82, 2.24) is 4.90 Å². The molecule has 0 saturated carbocycles. The van der Waals surface area contributed by atoms with Crippen LogP contribution < -0.4 is 0 Å². The Bertz CT molecular complexity index is 750. The molecule has 3 rings (SSSR count). The van der Waals surface area contributed by atoms with Gasteiger partial charge in [0.25, 0.3) is 0 Å². The minimum atomic E-state index is 0. The second kappa shape index (κ2) is 9.89. The predicted octanol–water partition coefficient (Wildman–Crippen LogP) is 6.72. The Kier molecular flexibility index (Phi) is 8.15. The number of aliphatic imine (C=N–C) groups is 1. The summed E-state index contributed by atoms with van der Waals surface area (Å²) in [5, 5.41) is 2.60. The minimum absolute atomic E-state index is 0. The van der Waals surface area contributed by atoms with Crippen molar-refractivity contribution in [3.63, 3.8) is 0 Å². The van der Waals surface area contributed by atoms with E-state index in [0.29, 0.717) is 21.2 Å². The molecule has 1 aliphatic rings. The van der Waals surface area contributed by atoms with E-state index in [1.54, 1.807) is 6.07 Å². The molecule has 0 bridgehead atoms. The molecule has 0 spiro atoms. The maximum absolute atomic E-state index is 6.32. The quantitative estimate of drug-likeness (QED) is 0.524. The molecule has 2 nitrogen and oxygen atoms in total. The van der Waals surface area contributed by atoms with Crippen molar-refractivity contribution >= 4 is 58.2 Å². The third-order valence-electron chi connectivity index (χ3n) is 4.01. The van der Waals surface area contributed by atoms with Gasteiger partial charge in [-0.15, -0.1) is 12.4 Å². The van der Waals surface area contributed by atoms with Crippen LogP contribution in [0.15, 0.2) is 53.5 Å². The highest BCUT2D eigenvalue weighted by Crippen LogP contribution is 2.36. The van der Waals surface area contributed by atoms with Crippen LogP contribution in [0.25, 0.3) is 0 Å². The van der Waals surface area contributed by atoms with E-state index in [-0.39, 0.29) is 12.4 Å². The van der Waals surface area contributed by atoms with Crippen LogP contribution in [0.3, 0.4) is 0 Å². The summed E-state index contributed by atoms with van der Waals surface area (Å²) in [6.45, 7) is 6.47. The number of amidine groups is 1. The molecule has 26 heavy (non-hydrogen) atoms. The van der Waals surface area contributed by atoms with Gasteiger partial charge in [-0.05, 0) is 30.0 Å². The predicted molar refractivity (Wildman–Crippen MR) is 119 cm³/mol. The first kappa shape index (κ1) is 21.4. The van der Waals surface area contributed by atoms with Crippen molar-refractivity contribution in [2.75, 3.05) is 13.1 Å². The smallest absolute Gasteiger partial charge is 0.164 e. The van der Waals surface area contributed by atoms with Crippen LogP contribution in [-0.4, -0.2) is 28.4 Å². The van der Waals surface area contributed by atoms with Crippen LogP contribution in [-0.2, 0) is 6.42 Å². The number of thioether (sulfide) groups is 1. The molecule has 1 heterocycles. The highest BCUT2D eigenvalue weighted by atomic mass is 35.5. The lowest BCUT2D eigenvalue weighted by Crippen LogP contribution is -2.30. The summed E-state index contributed by atoms with van der Waals surface area (Å²) in [7, 11) is 0. The molecule has 0 N–H and O–H groups in total. The third kappa shape index (κ3) is 5.56. The fourth-order valence-electron chi connectivity index (χ4n) is 2.94. The summed E-state index contributed by atoms with van der Waals surface area (Å²) >= 11 is 14.3. The number of hydrogen-bond acceptors (Lipinski definition) is 2. The first-order valence-corrected chi connectivity index (χ1v) is 10.1. The van der Waals surface area contributed by atoms with Gasteiger partial charge in [0.2, 0.25) is 0 Å². The highest BCUT2D eigenvalue weighted by Gasteiger charge is 2.29. The van der Waals surface area contributed by atoms with Crippen LogP contribution in [0.4, 0.5) is 5.69 Å². The van der Waals surface area contributed by atoms with Gasteiger partial charge in [0.05, 0.1) is 15.7 Å². The van der Waals surface area contributed by atoms with E-state index in [0.717, 1.165) is 30.4 Å². The maximum Gasteiger partial charge on any atom is 0.164 e. The molecule has 1 atom stereocenters. The molecule has 1 fully saturated rings. The van der Waals surface area contributed by atoms with E-state index < -0.39 is 0 Å². The average molecular weight is 430 g/mol. The molecule has 0 aromatic heterocycles. The Balaban J connectivity index is 0.00000243. The molecule has 6 heteroatoms. The zero-order chi connectivity index (χ0) is 17.8. The van der Waals surface area contributed by atoms with Gasteiger partial charge in [-0.2, -0.15) is 0 Å². The van der Waals surface area contributed by atoms with Crippen LogP contribution in [0, 0.1) is 5.92 Å². The molecule has 0 amide bonds. The maximum atomic E-state index is 6.32. The summed E-state index contributed by atoms with van der Waals surface area (Å²) < 4.78 is 0. The molecule has 0 aliphatic carbocycles. The number of nitrogens with zero attached hydrogens (tertiary/aromatic N) is 2. The zero-order valence-electron chi connectivity index (χ0n) is 14.9. The number of benzene rings is 2. The Morgan fingerprint density at radius 3 is 2.54 bits per heavy atom. The molecule has 2 aromatic rings. The molecular formula is C20H23Cl3N2S. The van der Waals surface area contributed by atoms with Crippen LogP contribution in [0.2, 0.25) is 10.0 Å². The number of hydrogen-bond donors (Lipinski definition) is 0. The lowest BCUT2D eigenvalue weighted by Gasteiger charge is -2.20. The summed E-state index contributed by atoms with van der Waals surface area (Å²) in [6, 6.07) is 16.2. The van der Waals surface area contributed by atoms with Gasteiger partial charge in [-0.25, -0.2) is 4.99 Å². The topological polar surface area (TPSA) is 15.6 Å². The molecule has 1 aliphatic heterocycles. The van der Waals surface area contributed by atoms with Crippen LogP contribution in [0.1, 0.15) is 19.4 Å².